The molecule has 0 N–H and O–H groups in total. The molecule has 1 heterocycles. The Bertz CT molecular complexity index is 510. The molecular weight excluding hydrogens is 264 g/mol. The van der Waals surface area contributed by atoms with Gasteiger partial charge in [-0.1, -0.05) is 0 Å². The predicted octanol–water partition coefficient (Wildman–Crippen LogP) is 1.61. The van der Waals surface area contributed by atoms with E-state index in [1.54, 1.807) is 17.1 Å². The van der Waals surface area contributed by atoms with Crippen LogP contribution < -0.4 is 0 Å². The van der Waals surface area contributed by atoms with Crippen molar-refractivity contribution in [2.24, 2.45) is 18.9 Å². The van der Waals surface area contributed by atoms with Crippen LogP contribution in [0.5, 0.6) is 0 Å². The van der Waals surface area contributed by atoms with Crippen molar-refractivity contribution in [1.82, 2.24) is 19.4 Å². The van der Waals surface area contributed by atoms with Gasteiger partial charge in [0, 0.05) is 26.2 Å². The van der Waals surface area contributed by atoms with E-state index in [0.717, 1.165) is 30.7 Å². The summed E-state index contributed by atoms with van der Waals surface area (Å²) in [6.07, 6.45) is 8.26. The molecule has 4 atom stereocenters. The summed E-state index contributed by atoms with van der Waals surface area (Å²) in [5.74, 6) is 1.69. The second-order valence-electron chi connectivity index (χ2n) is 7.04. The van der Waals surface area contributed by atoms with Crippen LogP contribution in [0.25, 0.3) is 0 Å². The van der Waals surface area contributed by atoms with Gasteiger partial charge in [0.05, 0.1) is 12.5 Å². The van der Waals surface area contributed by atoms with Crippen molar-refractivity contribution < 1.29 is 4.79 Å². The Balaban J connectivity index is 1.63. The lowest BCUT2D eigenvalue weighted by molar-refractivity contribution is 0.0716. The first-order chi connectivity index (χ1) is 9.97. The molecule has 3 rings (SSSR count). The Hall–Kier alpha value is -1.36. The molecule has 0 radical (unpaired) electrons. The highest BCUT2D eigenvalue weighted by Gasteiger charge is 2.44. The van der Waals surface area contributed by atoms with Gasteiger partial charge >= 0.3 is 0 Å². The Morgan fingerprint density at radius 1 is 1.14 bits per heavy atom. The van der Waals surface area contributed by atoms with Crippen LogP contribution in [0, 0.1) is 11.8 Å². The summed E-state index contributed by atoms with van der Waals surface area (Å²) >= 11 is 0. The summed E-state index contributed by atoms with van der Waals surface area (Å²) in [6.45, 7) is 0. The third-order valence-corrected chi connectivity index (χ3v) is 5.60. The summed E-state index contributed by atoms with van der Waals surface area (Å²) in [5.41, 5.74) is 0.681. The van der Waals surface area contributed by atoms with E-state index in [-0.39, 0.29) is 5.91 Å². The Morgan fingerprint density at radius 3 is 2.19 bits per heavy atom. The molecule has 2 aliphatic rings. The average molecular weight is 290 g/mol. The maximum atomic E-state index is 12.6. The first kappa shape index (κ1) is 14.6. The highest BCUT2D eigenvalue weighted by atomic mass is 16.2. The minimum atomic E-state index is 0.101. The molecular formula is C16H26N4O. The van der Waals surface area contributed by atoms with Gasteiger partial charge in [0.15, 0.2) is 0 Å². The molecule has 1 amide bonds. The molecule has 0 bridgehead atoms. The van der Waals surface area contributed by atoms with Gasteiger partial charge in [-0.2, -0.15) is 0 Å². The largest absolute Gasteiger partial charge is 0.337 e. The van der Waals surface area contributed by atoms with Gasteiger partial charge in [0.25, 0.3) is 5.91 Å². The minimum Gasteiger partial charge on any atom is -0.337 e. The summed E-state index contributed by atoms with van der Waals surface area (Å²) < 4.78 is 1.80. The van der Waals surface area contributed by atoms with E-state index < -0.39 is 0 Å². The number of carbonyl (C=O) groups is 1. The lowest BCUT2D eigenvalue weighted by Crippen LogP contribution is -2.37. The number of rotatable bonds is 3. The van der Waals surface area contributed by atoms with E-state index in [0.29, 0.717) is 11.7 Å². The van der Waals surface area contributed by atoms with Crippen LogP contribution in [-0.4, -0.2) is 58.5 Å². The Kier molecular flexibility index (Phi) is 3.78. The van der Waals surface area contributed by atoms with Crippen LogP contribution in [-0.2, 0) is 7.05 Å². The molecule has 116 valence electrons. The molecule has 0 saturated heterocycles. The first-order valence-electron chi connectivity index (χ1n) is 7.87. The molecule has 5 heteroatoms. The quantitative estimate of drug-likeness (QED) is 0.849. The van der Waals surface area contributed by atoms with Gasteiger partial charge in [-0.15, -0.1) is 0 Å². The van der Waals surface area contributed by atoms with Crippen LogP contribution in [0.3, 0.4) is 0 Å². The van der Waals surface area contributed by atoms with Crippen molar-refractivity contribution in [2.75, 3.05) is 21.1 Å². The summed E-state index contributed by atoms with van der Waals surface area (Å²) in [4.78, 5) is 20.9. The zero-order chi connectivity index (χ0) is 15.1. The van der Waals surface area contributed by atoms with Crippen LogP contribution >= 0.6 is 0 Å². The zero-order valence-corrected chi connectivity index (χ0v) is 13.5. The van der Waals surface area contributed by atoms with E-state index in [2.05, 4.69) is 24.0 Å². The fourth-order valence-electron chi connectivity index (χ4n) is 4.20. The van der Waals surface area contributed by atoms with Gasteiger partial charge < -0.3 is 14.4 Å². The third kappa shape index (κ3) is 2.59. The van der Waals surface area contributed by atoms with E-state index in [1.807, 2.05) is 19.0 Å². The fourth-order valence-corrected chi connectivity index (χ4v) is 4.20. The predicted molar refractivity (Wildman–Crippen MR) is 82.0 cm³/mol. The number of aromatic nitrogens is 2. The van der Waals surface area contributed by atoms with Gasteiger partial charge in [-0.25, -0.2) is 4.98 Å². The average Bonchev–Trinajstić information content (AvgIpc) is 3.09. The molecule has 2 unspecified atom stereocenters. The van der Waals surface area contributed by atoms with Gasteiger partial charge in [-0.3, -0.25) is 4.79 Å². The zero-order valence-electron chi connectivity index (χ0n) is 13.5. The maximum Gasteiger partial charge on any atom is 0.272 e. The minimum absolute atomic E-state index is 0.101. The van der Waals surface area contributed by atoms with Crippen LogP contribution in [0.2, 0.25) is 0 Å². The lowest BCUT2D eigenvalue weighted by Gasteiger charge is -2.27. The van der Waals surface area contributed by atoms with Crippen molar-refractivity contribution in [3.8, 4) is 0 Å². The number of fused-ring (bicyclic) bond motifs is 1. The first-order valence-corrected chi connectivity index (χ1v) is 7.87. The van der Waals surface area contributed by atoms with Gasteiger partial charge in [-0.05, 0) is 51.6 Å². The second kappa shape index (κ2) is 5.44. The van der Waals surface area contributed by atoms with Crippen molar-refractivity contribution in [3.63, 3.8) is 0 Å². The molecule has 0 spiro atoms. The number of aryl methyl sites for hydroxylation is 1. The van der Waals surface area contributed by atoms with E-state index >= 15 is 0 Å². The van der Waals surface area contributed by atoms with Crippen molar-refractivity contribution in [3.05, 3.63) is 18.2 Å². The van der Waals surface area contributed by atoms with Crippen molar-refractivity contribution in [1.29, 1.82) is 0 Å². The number of carbonyl (C=O) groups excluding carboxylic acids is 1. The third-order valence-electron chi connectivity index (χ3n) is 5.60. The highest BCUT2D eigenvalue weighted by Crippen LogP contribution is 2.46. The standard InChI is InChI=1S/C16H26N4O/c1-18(2)13-5-11-7-14(8-12(11)6-13)20(4)16(21)15-9-17-10-19(15)3/h9-14H,5-8H2,1-4H3/t11-,12+,13?,14?. The van der Waals surface area contributed by atoms with E-state index in [4.69, 9.17) is 0 Å². The lowest BCUT2D eigenvalue weighted by atomic mass is 10.0. The van der Waals surface area contributed by atoms with Crippen LogP contribution in [0.1, 0.15) is 36.2 Å². The molecule has 2 fully saturated rings. The summed E-state index contributed by atoms with van der Waals surface area (Å²) in [5, 5.41) is 0. The Morgan fingerprint density at radius 2 is 1.71 bits per heavy atom. The monoisotopic (exact) mass is 290 g/mol. The van der Waals surface area contributed by atoms with Crippen LogP contribution in [0.15, 0.2) is 12.5 Å². The van der Waals surface area contributed by atoms with Gasteiger partial charge in [0.1, 0.15) is 5.69 Å². The fraction of sp³-hybridized carbons (Fsp3) is 0.750. The number of nitrogens with zero attached hydrogens (tertiary/aromatic N) is 4. The number of imidazole rings is 1. The molecule has 1 aromatic heterocycles. The summed E-state index contributed by atoms with van der Waals surface area (Å²) in [7, 11) is 8.19. The highest BCUT2D eigenvalue weighted by molar-refractivity contribution is 5.92. The maximum absolute atomic E-state index is 12.6. The van der Waals surface area contributed by atoms with Crippen molar-refractivity contribution in [2.45, 2.75) is 37.8 Å². The number of hydrogen-bond acceptors (Lipinski definition) is 3. The SMILES string of the molecule is CN(C)C1C[C@@H]2CC(N(C)C(=O)c3cncn3C)C[C@@H]2C1. The molecule has 0 aromatic carbocycles. The molecule has 2 saturated carbocycles. The smallest absolute Gasteiger partial charge is 0.272 e. The number of amides is 1. The van der Waals surface area contributed by atoms with Gasteiger partial charge in [0.2, 0.25) is 0 Å². The second-order valence-corrected chi connectivity index (χ2v) is 7.04. The van der Waals surface area contributed by atoms with Crippen LogP contribution in [0.4, 0.5) is 0 Å². The normalized spacial score (nSPS) is 31.7. The van der Waals surface area contributed by atoms with E-state index in [1.165, 1.54) is 12.8 Å². The molecule has 1 aromatic rings. The summed E-state index contributed by atoms with van der Waals surface area (Å²) in [6, 6.07) is 1.13. The van der Waals surface area contributed by atoms with E-state index in [9.17, 15) is 4.79 Å². The molecule has 0 aliphatic heterocycles. The van der Waals surface area contributed by atoms with Crippen molar-refractivity contribution >= 4 is 5.91 Å². The molecule has 5 nitrogen and oxygen atoms in total. The Labute approximate surface area is 126 Å². The topological polar surface area (TPSA) is 41.4 Å². The molecule has 2 aliphatic carbocycles. The number of hydrogen-bond donors (Lipinski definition) is 0. The molecule has 21 heavy (non-hydrogen) atoms.